The molecule has 0 amide bonds. The molecule has 2 N–H and O–H groups in total. The van der Waals surface area contributed by atoms with Crippen molar-refractivity contribution in [3.8, 4) is 5.75 Å². The molecule has 0 aliphatic heterocycles. The summed E-state index contributed by atoms with van der Waals surface area (Å²) >= 11 is 0. The predicted octanol–water partition coefficient (Wildman–Crippen LogP) is 1.03. The highest BCUT2D eigenvalue weighted by Crippen LogP contribution is 2.16. The van der Waals surface area contributed by atoms with E-state index >= 15 is 0 Å². The zero-order valence-corrected chi connectivity index (χ0v) is 7.77. The Morgan fingerprint density at radius 1 is 1.31 bits per heavy atom. The lowest BCUT2D eigenvalue weighted by molar-refractivity contribution is 0.571. The second kappa shape index (κ2) is 4.35. The standard InChI is InChI=1S/C9H13N3O/c1-12(2)8-3-5-9(6-4-8)13-7-11-10/h3-7H,10H2,1-2H3. The third kappa shape index (κ3) is 2.66. The van der Waals surface area contributed by atoms with Crippen molar-refractivity contribution in [3.05, 3.63) is 24.3 Å². The van der Waals surface area contributed by atoms with Crippen LogP contribution in [-0.4, -0.2) is 20.5 Å². The monoisotopic (exact) mass is 179 g/mol. The van der Waals surface area contributed by atoms with Gasteiger partial charge in [0.05, 0.1) is 0 Å². The molecule has 0 aliphatic rings. The molecule has 4 heteroatoms. The van der Waals surface area contributed by atoms with Crippen LogP contribution in [-0.2, 0) is 0 Å². The van der Waals surface area contributed by atoms with Gasteiger partial charge >= 0.3 is 0 Å². The molecule has 0 saturated heterocycles. The number of ether oxygens (including phenoxy) is 1. The van der Waals surface area contributed by atoms with Gasteiger partial charge in [-0.1, -0.05) is 0 Å². The molecule has 1 aromatic carbocycles. The predicted molar refractivity (Wildman–Crippen MR) is 54.1 cm³/mol. The van der Waals surface area contributed by atoms with Crippen LogP contribution in [0.5, 0.6) is 5.75 Å². The van der Waals surface area contributed by atoms with E-state index in [1.807, 2.05) is 43.3 Å². The van der Waals surface area contributed by atoms with Crippen LogP contribution in [0.3, 0.4) is 0 Å². The summed E-state index contributed by atoms with van der Waals surface area (Å²) in [6, 6.07) is 7.63. The molecule has 0 aromatic heterocycles. The maximum Gasteiger partial charge on any atom is 0.198 e. The third-order valence-electron chi connectivity index (χ3n) is 1.60. The van der Waals surface area contributed by atoms with Crippen LogP contribution in [0.15, 0.2) is 29.4 Å². The minimum Gasteiger partial charge on any atom is -0.444 e. The quantitative estimate of drug-likeness (QED) is 0.326. The second-order valence-corrected chi connectivity index (χ2v) is 2.76. The van der Waals surface area contributed by atoms with E-state index in [9.17, 15) is 0 Å². The number of hydrogen-bond donors (Lipinski definition) is 1. The number of anilines is 1. The van der Waals surface area contributed by atoms with E-state index in [1.165, 1.54) is 6.40 Å². The third-order valence-corrected chi connectivity index (χ3v) is 1.60. The van der Waals surface area contributed by atoms with E-state index in [0.29, 0.717) is 0 Å². The van der Waals surface area contributed by atoms with E-state index in [2.05, 4.69) is 5.10 Å². The van der Waals surface area contributed by atoms with Crippen LogP contribution in [0.2, 0.25) is 0 Å². The van der Waals surface area contributed by atoms with Crippen LogP contribution in [0.25, 0.3) is 0 Å². The van der Waals surface area contributed by atoms with Crippen LogP contribution in [0.4, 0.5) is 5.69 Å². The van der Waals surface area contributed by atoms with Crippen molar-refractivity contribution in [1.82, 2.24) is 0 Å². The number of rotatable bonds is 3. The highest BCUT2D eigenvalue weighted by molar-refractivity contribution is 5.54. The lowest BCUT2D eigenvalue weighted by atomic mass is 10.3. The number of nitrogens with two attached hydrogens (primary N) is 1. The van der Waals surface area contributed by atoms with E-state index in [-0.39, 0.29) is 0 Å². The molecule has 0 heterocycles. The van der Waals surface area contributed by atoms with Gasteiger partial charge in [-0.2, -0.15) is 5.10 Å². The molecule has 70 valence electrons. The fourth-order valence-electron chi connectivity index (χ4n) is 0.914. The molecule has 0 atom stereocenters. The average molecular weight is 179 g/mol. The lowest BCUT2D eigenvalue weighted by Gasteiger charge is -2.11. The molecule has 0 fully saturated rings. The Balaban J connectivity index is 2.69. The van der Waals surface area contributed by atoms with Crippen molar-refractivity contribution in [2.45, 2.75) is 0 Å². The molecule has 1 aromatic rings. The van der Waals surface area contributed by atoms with Crippen molar-refractivity contribution in [1.29, 1.82) is 0 Å². The number of nitrogens with zero attached hydrogens (tertiary/aromatic N) is 2. The fourth-order valence-corrected chi connectivity index (χ4v) is 0.914. The topological polar surface area (TPSA) is 50.8 Å². The number of hydrazone groups is 1. The highest BCUT2D eigenvalue weighted by Gasteiger charge is 1.94. The van der Waals surface area contributed by atoms with Crippen molar-refractivity contribution in [3.63, 3.8) is 0 Å². The van der Waals surface area contributed by atoms with Crippen molar-refractivity contribution >= 4 is 12.1 Å². The van der Waals surface area contributed by atoms with Gasteiger partial charge in [-0.15, -0.1) is 0 Å². The van der Waals surface area contributed by atoms with Gasteiger partial charge in [0, 0.05) is 19.8 Å². The maximum atomic E-state index is 5.05. The fraction of sp³-hybridized carbons (Fsp3) is 0.222. The smallest absolute Gasteiger partial charge is 0.198 e. The van der Waals surface area contributed by atoms with Gasteiger partial charge in [0.25, 0.3) is 0 Å². The van der Waals surface area contributed by atoms with Gasteiger partial charge in [0.15, 0.2) is 6.40 Å². The molecular formula is C9H13N3O. The first-order chi connectivity index (χ1) is 6.24. The maximum absolute atomic E-state index is 5.05. The van der Waals surface area contributed by atoms with Crippen molar-refractivity contribution < 1.29 is 4.74 Å². The Morgan fingerprint density at radius 3 is 2.38 bits per heavy atom. The summed E-state index contributed by atoms with van der Waals surface area (Å²) in [7, 11) is 3.97. The van der Waals surface area contributed by atoms with Gasteiger partial charge in [0.2, 0.25) is 0 Å². The lowest BCUT2D eigenvalue weighted by Crippen LogP contribution is -2.08. The molecule has 0 radical (unpaired) electrons. The van der Waals surface area contributed by atoms with Gasteiger partial charge in [0.1, 0.15) is 5.75 Å². The van der Waals surface area contributed by atoms with Gasteiger partial charge in [-0.05, 0) is 24.3 Å². The van der Waals surface area contributed by atoms with Crippen molar-refractivity contribution in [2.24, 2.45) is 10.9 Å². The SMILES string of the molecule is CN(C)c1ccc(OC=NN)cc1. The molecule has 4 nitrogen and oxygen atoms in total. The normalized spacial score (nSPS) is 10.3. The Bertz CT molecular complexity index is 279. The number of benzene rings is 1. The average Bonchev–Trinajstić information content (AvgIpc) is 2.15. The largest absolute Gasteiger partial charge is 0.444 e. The van der Waals surface area contributed by atoms with Crippen LogP contribution < -0.4 is 15.5 Å². The summed E-state index contributed by atoms with van der Waals surface area (Å²) in [4.78, 5) is 2.01. The summed E-state index contributed by atoms with van der Waals surface area (Å²) in [5.74, 6) is 5.61. The summed E-state index contributed by atoms with van der Waals surface area (Å²) in [6.45, 7) is 0. The van der Waals surface area contributed by atoms with E-state index in [1.54, 1.807) is 0 Å². The Hall–Kier alpha value is -1.71. The summed E-state index contributed by atoms with van der Waals surface area (Å²) in [6.07, 6.45) is 1.20. The molecule has 0 bridgehead atoms. The summed E-state index contributed by atoms with van der Waals surface area (Å²) in [5.41, 5.74) is 1.12. The zero-order chi connectivity index (χ0) is 9.68. The van der Waals surface area contributed by atoms with E-state index in [0.717, 1.165) is 11.4 Å². The second-order valence-electron chi connectivity index (χ2n) is 2.76. The molecule has 0 unspecified atom stereocenters. The Morgan fingerprint density at radius 2 is 1.92 bits per heavy atom. The minimum atomic E-state index is 0.722. The molecule has 1 rings (SSSR count). The first-order valence-electron chi connectivity index (χ1n) is 3.90. The van der Waals surface area contributed by atoms with Crippen LogP contribution in [0.1, 0.15) is 0 Å². The zero-order valence-electron chi connectivity index (χ0n) is 7.77. The molecular weight excluding hydrogens is 166 g/mol. The van der Waals surface area contributed by atoms with Crippen LogP contribution >= 0.6 is 0 Å². The number of hydrogen-bond acceptors (Lipinski definition) is 4. The van der Waals surface area contributed by atoms with Gasteiger partial charge < -0.3 is 15.5 Å². The van der Waals surface area contributed by atoms with Crippen molar-refractivity contribution in [2.75, 3.05) is 19.0 Å². The Kier molecular flexibility index (Phi) is 3.14. The molecule has 0 spiro atoms. The van der Waals surface area contributed by atoms with E-state index < -0.39 is 0 Å². The first kappa shape index (κ1) is 9.38. The molecule has 0 aliphatic carbocycles. The molecule has 13 heavy (non-hydrogen) atoms. The minimum absolute atomic E-state index is 0.722. The Labute approximate surface area is 77.6 Å². The summed E-state index contributed by atoms with van der Waals surface area (Å²) < 4.78 is 5.05. The van der Waals surface area contributed by atoms with E-state index in [4.69, 9.17) is 10.6 Å². The summed E-state index contributed by atoms with van der Waals surface area (Å²) in [5, 5.41) is 3.23. The van der Waals surface area contributed by atoms with Gasteiger partial charge in [-0.3, -0.25) is 0 Å². The van der Waals surface area contributed by atoms with Gasteiger partial charge in [-0.25, -0.2) is 0 Å². The first-order valence-corrected chi connectivity index (χ1v) is 3.90. The highest BCUT2D eigenvalue weighted by atomic mass is 16.5. The van der Waals surface area contributed by atoms with Crippen LogP contribution in [0, 0.1) is 0 Å². The molecule has 0 saturated carbocycles.